The number of amides is 1. The van der Waals surface area contributed by atoms with Crippen LogP contribution in [0.2, 0.25) is 0 Å². The van der Waals surface area contributed by atoms with Crippen molar-refractivity contribution >= 4 is 28.8 Å². The molecule has 2 heterocycles. The number of hydrogen-bond acceptors (Lipinski definition) is 6. The first-order chi connectivity index (χ1) is 8.49. The number of nitrogens with zero attached hydrogens (tertiary/aromatic N) is 5. The van der Waals surface area contributed by atoms with Crippen LogP contribution in [0.4, 0.5) is 11.8 Å². The van der Waals surface area contributed by atoms with Crippen LogP contribution in [0, 0.1) is 0 Å². The summed E-state index contributed by atoms with van der Waals surface area (Å²) in [6, 6.07) is 0. The molecule has 0 aliphatic rings. The summed E-state index contributed by atoms with van der Waals surface area (Å²) in [7, 11) is 5.18. The number of nitrogen functional groups attached to an aromatic ring is 1. The van der Waals surface area contributed by atoms with E-state index in [0.717, 1.165) is 0 Å². The highest BCUT2D eigenvalue weighted by Crippen LogP contribution is 2.20. The van der Waals surface area contributed by atoms with Gasteiger partial charge in [0.2, 0.25) is 11.9 Å². The highest BCUT2D eigenvalue weighted by molar-refractivity contribution is 5.87. The van der Waals surface area contributed by atoms with E-state index in [0.29, 0.717) is 17.0 Å². The van der Waals surface area contributed by atoms with E-state index in [4.69, 9.17) is 5.73 Å². The average Bonchev–Trinajstić information content (AvgIpc) is 2.75. The summed E-state index contributed by atoms with van der Waals surface area (Å²) < 4.78 is 0. The second-order valence-electron chi connectivity index (χ2n) is 4.15. The van der Waals surface area contributed by atoms with Crippen LogP contribution < -0.4 is 10.6 Å². The van der Waals surface area contributed by atoms with Crippen LogP contribution in [0.3, 0.4) is 0 Å². The Morgan fingerprint density at radius 3 is 2.78 bits per heavy atom. The van der Waals surface area contributed by atoms with Crippen LogP contribution in [-0.4, -0.2) is 58.4 Å². The molecule has 8 nitrogen and oxygen atoms in total. The van der Waals surface area contributed by atoms with Gasteiger partial charge >= 0.3 is 0 Å². The van der Waals surface area contributed by atoms with Crippen molar-refractivity contribution in [1.82, 2.24) is 24.8 Å². The number of imidazole rings is 1. The Kier molecular flexibility index (Phi) is 3.00. The number of H-pyrrole nitrogens is 1. The first-order valence-corrected chi connectivity index (χ1v) is 5.37. The van der Waals surface area contributed by atoms with Gasteiger partial charge in [-0.25, -0.2) is 4.98 Å². The maximum atomic E-state index is 11.7. The molecule has 18 heavy (non-hydrogen) atoms. The molecule has 0 unspecified atom stereocenters. The lowest BCUT2D eigenvalue weighted by atomic mass is 10.4. The van der Waals surface area contributed by atoms with Gasteiger partial charge in [0.1, 0.15) is 5.52 Å². The molecular formula is C10H15N7O. The highest BCUT2D eigenvalue weighted by atomic mass is 16.2. The predicted octanol–water partition coefficient (Wildman–Crippen LogP) is -0.540. The van der Waals surface area contributed by atoms with Gasteiger partial charge in [-0.1, -0.05) is 0 Å². The van der Waals surface area contributed by atoms with E-state index in [1.54, 1.807) is 26.0 Å². The van der Waals surface area contributed by atoms with Gasteiger partial charge in [0.05, 0.1) is 12.9 Å². The van der Waals surface area contributed by atoms with Gasteiger partial charge in [-0.3, -0.25) is 4.79 Å². The summed E-state index contributed by atoms with van der Waals surface area (Å²) in [5, 5.41) is 0. The molecule has 8 heteroatoms. The summed E-state index contributed by atoms with van der Waals surface area (Å²) in [5.41, 5.74) is 6.77. The van der Waals surface area contributed by atoms with Crippen LogP contribution in [0.1, 0.15) is 0 Å². The predicted molar refractivity (Wildman–Crippen MR) is 68.1 cm³/mol. The normalized spacial score (nSPS) is 10.6. The highest BCUT2D eigenvalue weighted by Gasteiger charge is 2.15. The zero-order valence-electron chi connectivity index (χ0n) is 10.5. The first-order valence-electron chi connectivity index (χ1n) is 5.37. The van der Waals surface area contributed by atoms with E-state index in [9.17, 15) is 4.79 Å². The van der Waals surface area contributed by atoms with Crippen LogP contribution in [0.15, 0.2) is 6.33 Å². The number of nitrogens with two attached hydrogens (primary N) is 1. The van der Waals surface area contributed by atoms with Gasteiger partial charge in [-0.2, -0.15) is 9.97 Å². The molecule has 96 valence electrons. The van der Waals surface area contributed by atoms with Crippen LogP contribution in [0.25, 0.3) is 11.2 Å². The maximum absolute atomic E-state index is 11.7. The molecule has 0 radical (unpaired) electrons. The third-order valence-electron chi connectivity index (χ3n) is 2.52. The minimum Gasteiger partial charge on any atom is -0.368 e. The van der Waals surface area contributed by atoms with Crippen molar-refractivity contribution in [3.05, 3.63) is 6.33 Å². The number of carbonyl (C=O) groups is 1. The molecule has 0 aliphatic carbocycles. The Bertz CT molecular complexity index is 577. The van der Waals surface area contributed by atoms with E-state index >= 15 is 0 Å². The second kappa shape index (κ2) is 4.47. The smallest absolute Gasteiger partial charge is 0.241 e. The van der Waals surface area contributed by atoms with Gasteiger partial charge in [0, 0.05) is 21.1 Å². The van der Waals surface area contributed by atoms with Crippen LogP contribution in [-0.2, 0) is 4.79 Å². The Morgan fingerprint density at radius 2 is 2.11 bits per heavy atom. The van der Waals surface area contributed by atoms with Crippen molar-refractivity contribution in [3.63, 3.8) is 0 Å². The summed E-state index contributed by atoms with van der Waals surface area (Å²) in [6.45, 7) is 0.206. The van der Waals surface area contributed by atoms with Crippen LogP contribution in [0.5, 0.6) is 0 Å². The summed E-state index contributed by atoms with van der Waals surface area (Å²) in [5.74, 6) is 0.668. The fourth-order valence-electron chi connectivity index (χ4n) is 1.53. The number of nitrogens with one attached hydrogen (secondary N) is 1. The number of aromatic amines is 1. The molecule has 2 rings (SSSR count). The van der Waals surface area contributed by atoms with Gasteiger partial charge in [-0.05, 0) is 0 Å². The number of likely N-dealkylation sites (N-methyl/N-ethyl adjacent to an activating group) is 2. The monoisotopic (exact) mass is 249 g/mol. The van der Waals surface area contributed by atoms with Crippen molar-refractivity contribution in [2.24, 2.45) is 0 Å². The zero-order chi connectivity index (χ0) is 13.3. The number of aromatic nitrogens is 4. The summed E-state index contributed by atoms with van der Waals surface area (Å²) in [4.78, 5) is 30.0. The fraction of sp³-hybridized carbons (Fsp3) is 0.400. The molecule has 0 aliphatic heterocycles. The van der Waals surface area contributed by atoms with Gasteiger partial charge in [-0.15, -0.1) is 0 Å². The molecular weight excluding hydrogens is 234 g/mol. The average molecular weight is 249 g/mol. The molecule has 2 aromatic rings. The number of fused-ring (bicyclic) bond motifs is 1. The molecule has 0 saturated carbocycles. The van der Waals surface area contributed by atoms with Crippen molar-refractivity contribution in [3.8, 4) is 0 Å². The second-order valence-corrected chi connectivity index (χ2v) is 4.15. The number of hydrogen-bond donors (Lipinski definition) is 2. The third-order valence-corrected chi connectivity index (χ3v) is 2.52. The standard InChI is InChI=1S/C10H15N7O/c1-16(2)6(18)4-17(3)9-7-8(13-5-12-7)14-10(11)15-9/h5H,4H2,1-3H3,(H3,11,12,13,14,15). The summed E-state index contributed by atoms with van der Waals surface area (Å²) in [6.07, 6.45) is 1.52. The number of carbonyl (C=O) groups excluding carboxylic acids is 1. The molecule has 0 bridgehead atoms. The molecule has 0 saturated heterocycles. The Balaban J connectivity index is 2.35. The van der Waals surface area contributed by atoms with Crippen molar-refractivity contribution in [2.75, 3.05) is 38.3 Å². The maximum Gasteiger partial charge on any atom is 0.241 e. The molecule has 0 aromatic carbocycles. The SMILES string of the molecule is CN(C)C(=O)CN(C)c1nc(N)nc2nc[nH]c12. The Morgan fingerprint density at radius 1 is 1.39 bits per heavy atom. The molecule has 1 amide bonds. The van der Waals surface area contributed by atoms with E-state index < -0.39 is 0 Å². The lowest BCUT2D eigenvalue weighted by molar-refractivity contribution is -0.127. The zero-order valence-corrected chi connectivity index (χ0v) is 10.5. The van der Waals surface area contributed by atoms with Gasteiger partial charge in [0.15, 0.2) is 11.5 Å². The minimum absolute atomic E-state index is 0.0256. The number of anilines is 2. The first kappa shape index (κ1) is 12.1. The van der Waals surface area contributed by atoms with Crippen LogP contribution >= 0.6 is 0 Å². The molecule has 3 N–H and O–H groups in total. The largest absolute Gasteiger partial charge is 0.368 e. The quantitative estimate of drug-likeness (QED) is 0.757. The van der Waals surface area contributed by atoms with E-state index in [-0.39, 0.29) is 18.4 Å². The Hall–Kier alpha value is -2.38. The molecule has 0 spiro atoms. The third kappa shape index (κ3) is 2.17. The van der Waals surface area contributed by atoms with E-state index in [1.807, 2.05) is 0 Å². The summed E-state index contributed by atoms with van der Waals surface area (Å²) >= 11 is 0. The lowest BCUT2D eigenvalue weighted by Gasteiger charge is -2.20. The van der Waals surface area contributed by atoms with Crippen molar-refractivity contribution in [1.29, 1.82) is 0 Å². The van der Waals surface area contributed by atoms with E-state index in [1.165, 1.54) is 11.2 Å². The van der Waals surface area contributed by atoms with Crippen molar-refractivity contribution in [2.45, 2.75) is 0 Å². The molecule has 0 atom stereocenters. The van der Waals surface area contributed by atoms with Crippen molar-refractivity contribution < 1.29 is 4.79 Å². The Labute approximate surface area is 104 Å². The number of rotatable bonds is 3. The van der Waals surface area contributed by atoms with E-state index in [2.05, 4.69) is 19.9 Å². The van der Waals surface area contributed by atoms with Gasteiger partial charge in [0.25, 0.3) is 0 Å². The lowest BCUT2D eigenvalue weighted by Crippen LogP contribution is -2.35. The fourth-order valence-corrected chi connectivity index (χ4v) is 1.53. The topological polar surface area (TPSA) is 104 Å². The minimum atomic E-state index is -0.0256. The molecule has 0 fully saturated rings. The van der Waals surface area contributed by atoms with Gasteiger partial charge < -0.3 is 20.5 Å². The molecule has 2 aromatic heterocycles.